The number of aryl methyl sites for hydroxylation is 1. The molecule has 0 saturated heterocycles. The van der Waals surface area contributed by atoms with Crippen molar-refractivity contribution in [3.63, 3.8) is 0 Å². The first-order valence-corrected chi connectivity index (χ1v) is 8.78. The fraction of sp³-hybridized carbons (Fsp3) is 0.632. The molecule has 1 aliphatic rings. The maximum absolute atomic E-state index is 11.9. The number of ether oxygens (including phenoxy) is 1. The van der Waals surface area contributed by atoms with Crippen molar-refractivity contribution in [2.45, 2.75) is 78.0 Å². The normalized spacial score (nSPS) is 17.4. The van der Waals surface area contributed by atoms with Crippen LogP contribution in [0.3, 0.4) is 0 Å². The molecule has 0 aromatic heterocycles. The van der Waals surface area contributed by atoms with E-state index in [9.17, 15) is 9.90 Å². The number of rotatable bonds is 4. The molecule has 1 saturated carbocycles. The van der Waals surface area contributed by atoms with Gasteiger partial charge in [-0.15, -0.1) is 0 Å². The number of carbonyl (C=O) groups is 1. The van der Waals surface area contributed by atoms with E-state index >= 15 is 0 Å². The second-order valence-electron chi connectivity index (χ2n) is 5.89. The van der Waals surface area contributed by atoms with Crippen LogP contribution in [0.2, 0.25) is 0 Å². The van der Waals surface area contributed by atoms with E-state index in [1.54, 1.807) is 6.92 Å². The fourth-order valence-electron chi connectivity index (χ4n) is 2.85. The van der Waals surface area contributed by atoms with E-state index in [-0.39, 0.29) is 6.04 Å². The quantitative estimate of drug-likeness (QED) is 0.858. The molecule has 23 heavy (non-hydrogen) atoms. The van der Waals surface area contributed by atoms with Crippen LogP contribution < -0.4 is 5.32 Å². The zero-order valence-corrected chi connectivity index (χ0v) is 14.8. The van der Waals surface area contributed by atoms with Crippen LogP contribution in [0.25, 0.3) is 0 Å². The first-order chi connectivity index (χ1) is 11.1. The Balaban J connectivity index is 0.00000127. The van der Waals surface area contributed by atoms with Gasteiger partial charge in [-0.05, 0) is 37.8 Å². The predicted octanol–water partition coefficient (Wildman–Crippen LogP) is 4.50. The Labute approximate surface area is 140 Å². The summed E-state index contributed by atoms with van der Waals surface area (Å²) in [7, 11) is 0. The number of amides is 1. The molecule has 0 bridgehead atoms. The van der Waals surface area contributed by atoms with Crippen LogP contribution in [-0.2, 0) is 4.74 Å². The van der Waals surface area contributed by atoms with Gasteiger partial charge in [0.05, 0.1) is 0 Å². The SMILES string of the molecule is CC.Cc1ccccc1C(O)C(C)OC(=O)NC1CCCCC1. The molecule has 2 unspecified atom stereocenters. The minimum atomic E-state index is -0.802. The lowest BCUT2D eigenvalue weighted by molar-refractivity contribution is 0.00996. The molecule has 0 aliphatic heterocycles. The van der Waals surface area contributed by atoms with Gasteiger partial charge in [0.1, 0.15) is 12.2 Å². The van der Waals surface area contributed by atoms with Crippen LogP contribution in [0.4, 0.5) is 4.79 Å². The van der Waals surface area contributed by atoms with E-state index in [0.717, 1.165) is 36.8 Å². The van der Waals surface area contributed by atoms with Crippen molar-refractivity contribution in [3.05, 3.63) is 35.4 Å². The van der Waals surface area contributed by atoms with Crippen LogP contribution >= 0.6 is 0 Å². The molecule has 4 nitrogen and oxygen atoms in total. The minimum absolute atomic E-state index is 0.217. The number of nitrogens with one attached hydrogen (secondary N) is 1. The monoisotopic (exact) mass is 321 g/mol. The molecule has 0 heterocycles. The molecule has 2 rings (SSSR count). The van der Waals surface area contributed by atoms with E-state index in [1.165, 1.54) is 6.42 Å². The van der Waals surface area contributed by atoms with Crippen molar-refractivity contribution in [2.24, 2.45) is 0 Å². The molecular formula is C19H31NO3. The molecule has 1 aromatic carbocycles. The summed E-state index contributed by atoms with van der Waals surface area (Å²) in [5.41, 5.74) is 1.80. The number of benzene rings is 1. The smallest absolute Gasteiger partial charge is 0.407 e. The molecular weight excluding hydrogens is 290 g/mol. The van der Waals surface area contributed by atoms with Gasteiger partial charge in [0.25, 0.3) is 0 Å². The van der Waals surface area contributed by atoms with E-state index in [1.807, 2.05) is 45.0 Å². The highest BCUT2D eigenvalue weighted by Gasteiger charge is 2.23. The summed E-state index contributed by atoms with van der Waals surface area (Å²) < 4.78 is 5.32. The van der Waals surface area contributed by atoms with Gasteiger partial charge in [-0.1, -0.05) is 57.4 Å². The van der Waals surface area contributed by atoms with Crippen LogP contribution in [0.15, 0.2) is 24.3 Å². The topological polar surface area (TPSA) is 58.6 Å². The standard InChI is InChI=1S/C17H25NO3.C2H6/c1-12-8-6-7-11-15(12)16(19)13(2)21-17(20)18-14-9-4-3-5-10-14;1-2/h6-8,11,13-14,16,19H,3-5,9-10H2,1-2H3,(H,18,20);1-2H3. The molecule has 130 valence electrons. The first-order valence-electron chi connectivity index (χ1n) is 8.78. The van der Waals surface area contributed by atoms with E-state index in [2.05, 4.69) is 5.32 Å². The maximum Gasteiger partial charge on any atom is 0.407 e. The van der Waals surface area contributed by atoms with Crippen LogP contribution in [0, 0.1) is 6.92 Å². The van der Waals surface area contributed by atoms with Gasteiger partial charge in [0.15, 0.2) is 0 Å². The Hall–Kier alpha value is -1.55. The van der Waals surface area contributed by atoms with Gasteiger partial charge in [-0.2, -0.15) is 0 Å². The van der Waals surface area contributed by atoms with Gasteiger partial charge in [0.2, 0.25) is 0 Å². The highest BCUT2D eigenvalue weighted by Crippen LogP contribution is 2.23. The van der Waals surface area contributed by atoms with Crippen molar-refractivity contribution in [2.75, 3.05) is 0 Å². The molecule has 1 amide bonds. The van der Waals surface area contributed by atoms with E-state index < -0.39 is 18.3 Å². The average molecular weight is 321 g/mol. The highest BCUT2D eigenvalue weighted by molar-refractivity contribution is 5.67. The van der Waals surface area contributed by atoms with E-state index in [4.69, 9.17) is 4.74 Å². The van der Waals surface area contributed by atoms with Gasteiger partial charge >= 0.3 is 6.09 Å². The largest absolute Gasteiger partial charge is 0.443 e. The third kappa shape index (κ3) is 6.22. The Kier molecular flexibility index (Phi) is 8.70. The number of hydrogen-bond donors (Lipinski definition) is 2. The molecule has 1 fully saturated rings. The molecule has 1 aromatic rings. The van der Waals surface area contributed by atoms with Gasteiger partial charge in [0, 0.05) is 6.04 Å². The van der Waals surface area contributed by atoms with Crippen molar-refractivity contribution < 1.29 is 14.6 Å². The lowest BCUT2D eigenvalue weighted by Gasteiger charge is -2.25. The Morgan fingerprint density at radius 3 is 2.43 bits per heavy atom. The number of alkyl carbamates (subject to hydrolysis) is 1. The summed E-state index contributed by atoms with van der Waals surface area (Å²) in [6.07, 6.45) is 3.79. The van der Waals surface area contributed by atoms with Crippen LogP contribution in [0.1, 0.15) is 70.1 Å². The van der Waals surface area contributed by atoms with Crippen LogP contribution in [-0.4, -0.2) is 23.3 Å². The third-order valence-corrected chi connectivity index (χ3v) is 4.17. The summed E-state index contributed by atoms with van der Waals surface area (Å²) in [6.45, 7) is 7.66. The summed E-state index contributed by atoms with van der Waals surface area (Å²) in [5.74, 6) is 0. The molecule has 4 heteroatoms. The van der Waals surface area contributed by atoms with Gasteiger partial charge < -0.3 is 15.2 Å². The fourth-order valence-corrected chi connectivity index (χ4v) is 2.85. The average Bonchev–Trinajstić information content (AvgIpc) is 2.57. The number of aliphatic hydroxyl groups excluding tert-OH is 1. The second-order valence-corrected chi connectivity index (χ2v) is 5.89. The maximum atomic E-state index is 11.9. The summed E-state index contributed by atoms with van der Waals surface area (Å²) in [6, 6.07) is 7.81. The predicted molar refractivity (Wildman–Crippen MR) is 93.4 cm³/mol. The second kappa shape index (κ2) is 10.3. The van der Waals surface area contributed by atoms with Gasteiger partial charge in [-0.25, -0.2) is 4.79 Å². The molecule has 2 N–H and O–H groups in total. The van der Waals surface area contributed by atoms with Gasteiger partial charge in [-0.3, -0.25) is 0 Å². The van der Waals surface area contributed by atoms with Crippen molar-refractivity contribution in [3.8, 4) is 0 Å². The zero-order chi connectivity index (χ0) is 17.2. The molecule has 1 aliphatic carbocycles. The minimum Gasteiger partial charge on any atom is -0.443 e. The zero-order valence-electron chi connectivity index (χ0n) is 14.8. The van der Waals surface area contributed by atoms with E-state index in [0.29, 0.717) is 0 Å². The molecule has 2 atom stereocenters. The third-order valence-electron chi connectivity index (χ3n) is 4.17. The van der Waals surface area contributed by atoms with Crippen molar-refractivity contribution in [1.29, 1.82) is 0 Å². The summed E-state index contributed by atoms with van der Waals surface area (Å²) >= 11 is 0. The summed E-state index contributed by atoms with van der Waals surface area (Å²) in [4.78, 5) is 11.9. The van der Waals surface area contributed by atoms with Crippen LogP contribution in [0.5, 0.6) is 0 Å². The Morgan fingerprint density at radius 1 is 1.22 bits per heavy atom. The first kappa shape index (κ1) is 19.5. The lowest BCUT2D eigenvalue weighted by Crippen LogP contribution is -2.39. The molecule has 0 radical (unpaired) electrons. The number of aliphatic hydroxyl groups is 1. The van der Waals surface area contributed by atoms with Crippen molar-refractivity contribution >= 4 is 6.09 Å². The Morgan fingerprint density at radius 2 is 1.83 bits per heavy atom. The lowest BCUT2D eigenvalue weighted by atomic mass is 9.96. The number of carbonyl (C=O) groups excluding carboxylic acids is 1. The van der Waals surface area contributed by atoms with Crippen molar-refractivity contribution in [1.82, 2.24) is 5.32 Å². The Bertz CT molecular complexity index is 469. The summed E-state index contributed by atoms with van der Waals surface area (Å²) in [5, 5.41) is 13.2. The highest BCUT2D eigenvalue weighted by atomic mass is 16.6. The number of hydrogen-bond acceptors (Lipinski definition) is 3. The molecule has 0 spiro atoms.